The number of carbonyl (C=O) groups is 2. The summed E-state index contributed by atoms with van der Waals surface area (Å²) >= 11 is 11.8. The molecule has 0 fully saturated rings. The molecular formula is C24H20Cl2N2O3. The first-order chi connectivity index (χ1) is 15.0. The molecule has 0 unspecified atom stereocenters. The highest BCUT2D eigenvalue weighted by molar-refractivity contribution is 6.42. The predicted molar refractivity (Wildman–Crippen MR) is 125 cm³/mol. The molecule has 0 aromatic heterocycles. The Bertz CT molecular complexity index is 1070. The Labute approximate surface area is 190 Å². The minimum atomic E-state index is -0.677. The molecule has 0 spiro atoms. The molecule has 3 aromatic rings. The van der Waals surface area contributed by atoms with Crippen molar-refractivity contribution in [2.24, 2.45) is 0 Å². The molecule has 3 rings (SSSR count). The van der Waals surface area contributed by atoms with E-state index in [4.69, 9.17) is 27.9 Å². The number of nitrogens with one attached hydrogen (secondary N) is 2. The highest BCUT2D eigenvalue weighted by Gasteiger charge is 2.18. The smallest absolute Gasteiger partial charge is 0.411 e. The van der Waals surface area contributed by atoms with Gasteiger partial charge < -0.3 is 10.1 Å². The molecule has 0 bridgehead atoms. The van der Waals surface area contributed by atoms with E-state index in [2.05, 4.69) is 17.2 Å². The van der Waals surface area contributed by atoms with E-state index in [1.807, 2.05) is 30.3 Å². The van der Waals surface area contributed by atoms with Crippen LogP contribution in [0.25, 0.3) is 6.08 Å². The molecule has 2 N–H and O–H groups in total. The largest absolute Gasteiger partial charge is 0.447 e. The second-order valence-corrected chi connectivity index (χ2v) is 7.43. The minimum Gasteiger partial charge on any atom is -0.447 e. The van der Waals surface area contributed by atoms with E-state index in [9.17, 15) is 9.59 Å². The SMILES string of the molecule is C=Cc1ccc(C(=O)N[C@H](COC(=O)Nc2ccc(Cl)c(Cl)c2)c2ccccc2)cc1. The Morgan fingerprint density at radius 1 is 0.968 bits per heavy atom. The number of carbonyl (C=O) groups excluding carboxylic acids is 2. The molecular weight excluding hydrogens is 435 g/mol. The summed E-state index contributed by atoms with van der Waals surface area (Å²) in [6.45, 7) is 3.64. The molecule has 7 heteroatoms. The summed E-state index contributed by atoms with van der Waals surface area (Å²) in [4.78, 5) is 25.0. The van der Waals surface area contributed by atoms with Gasteiger partial charge in [-0.2, -0.15) is 0 Å². The third kappa shape index (κ3) is 6.35. The van der Waals surface area contributed by atoms with Crippen LogP contribution in [-0.2, 0) is 4.74 Å². The van der Waals surface area contributed by atoms with Crippen LogP contribution >= 0.6 is 23.2 Å². The van der Waals surface area contributed by atoms with Gasteiger partial charge in [0.15, 0.2) is 0 Å². The number of benzene rings is 3. The van der Waals surface area contributed by atoms with Crippen molar-refractivity contribution >= 4 is 47.0 Å². The fraction of sp³-hybridized carbons (Fsp3) is 0.0833. The summed E-state index contributed by atoms with van der Waals surface area (Å²) in [5.41, 5.74) is 2.66. The lowest BCUT2D eigenvalue weighted by Gasteiger charge is -2.19. The van der Waals surface area contributed by atoms with E-state index < -0.39 is 12.1 Å². The molecule has 0 heterocycles. The zero-order chi connectivity index (χ0) is 22.2. The first-order valence-electron chi connectivity index (χ1n) is 9.43. The van der Waals surface area contributed by atoms with Crippen molar-refractivity contribution in [2.75, 3.05) is 11.9 Å². The number of hydrogen-bond acceptors (Lipinski definition) is 3. The monoisotopic (exact) mass is 454 g/mol. The summed E-state index contributed by atoms with van der Waals surface area (Å²) in [7, 11) is 0. The fourth-order valence-electron chi connectivity index (χ4n) is 2.81. The zero-order valence-corrected chi connectivity index (χ0v) is 18.0. The van der Waals surface area contributed by atoms with Crippen LogP contribution in [0.2, 0.25) is 10.0 Å². The second kappa shape index (κ2) is 10.7. The Morgan fingerprint density at radius 2 is 1.68 bits per heavy atom. The van der Waals surface area contributed by atoms with Gasteiger partial charge in [0, 0.05) is 11.3 Å². The Balaban J connectivity index is 1.67. The third-order valence-electron chi connectivity index (χ3n) is 4.46. The number of rotatable bonds is 7. The molecule has 0 saturated heterocycles. The molecule has 2 amide bonds. The fourth-order valence-corrected chi connectivity index (χ4v) is 3.10. The highest BCUT2D eigenvalue weighted by Crippen LogP contribution is 2.25. The maximum absolute atomic E-state index is 12.7. The molecule has 0 aliphatic heterocycles. The highest BCUT2D eigenvalue weighted by atomic mass is 35.5. The van der Waals surface area contributed by atoms with Crippen molar-refractivity contribution in [3.63, 3.8) is 0 Å². The predicted octanol–water partition coefficient (Wildman–Crippen LogP) is 6.36. The van der Waals surface area contributed by atoms with Crippen LogP contribution in [0.3, 0.4) is 0 Å². The van der Waals surface area contributed by atoms with Gasteiger partial charge in [-0.3, -0.25) is 10.1 Å². The van der Waals surface area contributed by atoms with Crippen LogP contribution in [0.1, 0.15) is 27.5 Å². The lowest BCUT2D eigenvalue weighted by atomic mass is 10.1. The van der Waals surface area contributed by atoms with Gasteiger partial charge in [-0.05, 0) is 41.5 Å². The summed E-state index contributed by atoms with van der Waals surface area (Å²) in [5.74, 6) is -0.280. The maximum Gasteiger partial charge on any atom is 0.411 e. The standard InChI is InChI=1S/C24H20Cl2N2O3/c1-2-16-8-10-18(11-9-16)23(29)28-22(17-6-4-3-5-7-17)15-31-24(30)27-19-12-13-20(25)21(26)14-19/h2-14,22H,1,15H2,(H,27,30)(H,28,29)/t22-/m1/s1. The average molecular weight is 455 g/mol. The molecule has 0 aliphatic carbocycles. The van der Waals surface area contributed by atoms with Crippen LogP contribution in [0.15, 0.2) is 79.4 Å². The van der Waals surface area contributed by atoms with Crippen molar-refractivity contribution in [1.82, 2.24) is 5.32 Å². The van der Waals surface area contributed by atoms with Crippen molar-refractivity contribution in [3.05, 3.63) is 106 Å². The topological polar surface area (TPSA) is 67.4 Å². The van der Waals surface area contributed by atoms with Gasteiger partial charge in [0.2, 0.25) is 0 Å². The van der Waals surface area contributed by atoms with Crippen LogP contribution in [0, 0.1) is 0 Å². The summed E-state index contributed by atoms with van der Waals surface area (Å²) < 4.78 is 5.35. The maximum atomic E-state index is 12.7. The molecule has 0 radical (unpaired) electrons. The zero-order valence-electron chi connectivity index (χ0n) is 16.5. The lowest BCUT2D eigenvalue weighted by molar-refractivity contribution is 0.0901. The van der Waals surface area contributed by atoms with E-state index in [1.54, 1.807) is 42.5 Å². The second-order valence-electron chi connectivity index (χ2n) is 6.62. The van der Waals surface area contributed by atoms with Crippen molar-refractivity contribution < 1.29 is 14.3 Å². The van der Waals surface area contributed by atoms with Gasteiger partial charge in [-0.15, -0.1) is 0 Å². The van der Waals surface area contributed by atoms with Gasteiger partial charge in [-0.1, -0.05) is 78.3 Å². The first kappa shape index (κ1) is 22.4. The van der Waals surface area contributed by atoms with E-state index in [0.29, 0.717) is 21.3 Å². The number of amides is 2. The summed E-state index contributed by atoms with van der Waals surface area (Å²) in [5, 5.41) is 6.20. The van der Waals surface area contributed by atoms with E-state index in [0.717, 1.165) is 11.1 Å². The molecule has 158 valence electrons. The van der Waals surface area contributed by atoms with Gasteiger partial charge in [-0.25, -0.2) is 4.79 Å². The molecule has 0 saturated carbocycles. The molecule has 0 aliphatic rings. The third-order valence-corrected chi connectivity index (χ3v) is 5.20. The van der Waals surface area contributed by atoms with Gasteiger partial charge in [0.25, 0.3) is 5.91 Å². The minimum absolute atomic E-state index is 0.0619. The Kier molecular flexibility index (Phi) is 7.70. The van der Waals surface area contributed by atoms with Gasteiger partial charge in [0.05, 0.1) is 16.1 Å². The molecule has 5 nitrogen and oxygen atoms in total. The van der Waals surface area contributed by atoms with E-state index in [1.165, 1.54) is 6.07 Å². The number of hydrogen-bond donors (Lipinski definition) is 2. The molecule has 3 aromatic carbocycles. The van der Waals surface area contributed by atoms with Crippen LogP contribution < -0.4 is 10.6 Å². The van der Waals surface area contributed by atoms with Crippen molar-refractivity contribution in [1.29, 1.82) is 0 Å². The quantitative estimate of drug-likeness (QED) is 0.436. The van der Waals surface area contributed by atoms with Crippen LogP contribution in [-0.4, -0.2) is 18.6 Å². The van der Waals surface area contributed by atoms with Crippen molar-refractivity contribution in [2.45, 2.75) is 6.04 Å². The van der Waals surface area contributed by atoms with Crippen LogP contribution in [0.4, 0.5) is 10.5 Å². The van der Waals surface area contributed by atoms with E-state index in [-0.39, 0.29) is 12.5 Å². The van der Waals surface area contributed by atoms with Crippen LogP contribution in [0.5, 0.6) is 0 Å². The van der Waals surface area contributed by atoms with E-state index >= 15 is 0 Å². The first-order valence-corrected chi connectivity index (χ1v) is 10.2. The summed E-state index contributed by atoms with van der Waals surface area (Å²) in [6.07, 6.45) is 1.03. The number of ether oxygens (including phenoxy) is 1. The number of halogens is 2. The normalized spacial score (nSPS) is 11.3. The van der Waals surface area contributed by atoms with Gasteiger partial charge in [0.1, 0.15) is 6.61 Å². The Hall–Kier alpha value is -3.28. The average Bonchev–Trinajstić information content (AvgIpc) is 2.79. The number of anilines is 1. The van der Waals surface area contributed by atoms with Crippen molar-refractivity contribution in [3.8, 4) is 0 Å². The molecule has 31 heavy (non-hydrogen) atoms. The lowest BCUT2D eigenvalue weighted by Crippen LogP contribution is -2.32. The van der Waals surface area contributed by atoms with Gasteiger partial charge >= 0.3 is 6.09 Å². The molecule has 1 atom stereocenters. The Morgan fingerprint density at radius 3 is 2.32 bits per heavy atom. The summed E-state index contributed by atoms with van der Waals surface area (Å²) in [6, 6.07) is 20.5.